The van der Waals surface area contributed by atoms with Crippen molar-refractivity contribution in [3.8, 4) is 0 Å². The summed E-state index contributed by atoms with van der Waals surface area (Å²) in [5, 5.41) is 0.0787. The molecule has 0 radical (unpaired) electrons. The number of hydrogen-bond donors (Lipinski definition) is 0. The number of rotatable bonds is 0. The van der Waals surface area contributed by atoms with Gasteiger partial charge in [0.25, 0.3) is 0 Å². The Morgan fingerprint density at radius 1 is 2.00 bits per heavy atom. The van der Waals surface area contributed by atoms with Gasteiger partial charge >= 0.3 is 0 Å². The predicted molar refractivity (Wildman–Crippen MR) is 26.0 cm³/mol. The van der Waals surface area contributed by atoms with Crippen molar-refractivity contribution in [1.29, 1.82) is 0 Å². The van der Waals surface area contributed by atoms with Crippen molar-refractivity contribution in [2.75, 3.05) is 5.88 Å². The van der Waals surface area contributed by atoms with Gasteiger partial charge in [0, 0.05) is 0 Å². The van der Waals surface area contributed by atoms with Gasteiger partial charge in [-0.15, -0.1) is 0 Å². The molecule has 0 aromatic carbocycles. The fourth-order valence-corrected chi connectivity index (χ4v) is 0.675. The highest BCUT2D eigenvalue weighted by atomic mass is 32.2. The molecule has 0 atom stereocenters. The normalized spacial score (nSPS) is 19.7. The number of thioether (sulfide) groups is 1. The topological polar surface area (TPSA) is 29.4 Å². The first-order valence-corrected chi connectivity index (χ1v) is 2.55. The summed E-state index contributed by atoms with van der Waals surface area (Å²) < 4.78 is 0. The molecule has 6 heavy (non-hydrogen) atoms. The molecule has 3 heteroatoms. The van der Waals surface area contributed by atoms with E-state index in [1.807, 2.05) is 0 Å². The van der Waals surface area contributed by atoms with Crippen molar-refractivity contribution in [1.82, 2.24) is 0 Å². The Labute approximate surface area is 39.6 Å². The second kappa shape index (κ2) is 1.43. The number of nitrogens with zero attached hydrogens (tertiary/aromatic N) is 1. The van der Waals surface area contributed by atoms with Crippen molar-refractivity contribution < 1.29 is 4.79 Å². The average Bonchev–Trinajstić information content (AvgIpc) is 1.86. The van der Waals surface area contributed by atoms with Crippen LogP contribution in [-0.2, 0) is 4.79 Å². The Balaban J connectivity index is 2.59. The molecule has 0 unspecified atom stereocenters. The van der Waals surface area contributed by atoms with E-state index in [9.17, 15) is 4.79 Å². The highest BCUT2D eigenvalue weighted by Crippen LogP contribution is 2.04. The standard InChI is InChI=1S/C3H3NOS/c5-3-1-4-2-6-3/h1H,2H2. The zero-order valence-electron chi connectivity index (χ0n) is 3.05. The van der Waals surface area contributed by atoms with Gasteiger partial charge in [-0.05, 0) is 0 Å². The first-order chi connectivity index (χ1) is 2.89. The van der Waals surface area contributed by atoms with Crippen LogP contribution in [0.3, 0.4) is 0 Å². The van der Waals surface area contributed by atoms with Crippen LogP contribution in [0.25, 0.3) is 0 Å². The third-order valence-corrected chi connectivity index (χ3v) is 1.15. The van der Waals surface area contributed by atoms with E-state index in [1.165, 1.54) is 18.0 Å². The molecule has 1 aliphatic heterocycles. The van der Waals surface area contributed by atoms with Crippen LogP contribution in [0.5, 0.6) is 0 Å². The molecule has 0 amide bonds. The van der Waals surface area contributed by atoms with E-state index in [1.54, 1.807) is 0 Å². The monoisotopic (exact) mass is 101 g/mol. The summed E-state index contributed by atoms with van der Waals surface area (Å²) in [4.78, 5) is 13.7. The molecule has 1 aliphatic rings. The molecule has 1 rings (SSSR count). The fourth-order valence-electron chi connectivity index (χ4n) is 0.250. The van der Waals surface area contributed by atoms with E-state index in [0.29, 0.717) is 5.88 Å². The highest BCUT2D eigenvalue weighted by molar-refractivity contribution is 8.15. The average molecular weight is 101 g/mol. The SMILES string of the molecule is O=C1C=NCS1. The van der Waals surface area contributed by atoms with Crippen molar-refractivity contribution in [3.63, 3.8) is 0 Å². The van der Waals surface area contributed by atoms with E-state index in [-0.39, 0.29) is 5.12 Å². The van der Waals surface area contributed by atoms with Gasteiger partial charge in [0.2, 0.25) is 5.12 Å². The van der Waals surface area contributed by atoms with E-state index in [4.69, 9.17) is 0 Å². The lowest BCUT2D eigenvalue weighted by Gasteiger charge is -1.69. The summed E-state index contributed by atoms with van der Waals surface area (Å²) in [6.07, 6.45) is 1.35. The quantitative estimate of drug-likeness (QED) is 0.439. The molecule has 0 spiro atoms. The summed E-state index contributed by atoms with van der Waals surface area (Å²) in [6, 6.07) is 0. The van der Waals surface area contributed by atoms with E-state index >= 15 is 0 Å². The molecular formula is C3H3NOS. The van der Waals surface area contributed by atoms with Gasteiger partial charge in [-0.2, -0.15) is 0 Å². The van der Waals surface area contributed by atoms with Gasteiger partial charge in [0.15, 0.2) is 0 Å². The van der Waals surface area contributed by atoms with Gasteiger partial charge < -0.3 is 0 Å². The minimum atomic E-state index is 0.0787. The molecular weight excluding hydrogens is 98.1 g/mol. The second-order valence-corrected chi connectivity index (χ2v) is 1.85. The Morgan fingerprint density at radius 2 is 2.83 bits per heavy atom. The number of carbonyl (C=O) groups is 1. The molecule has 32 valence electrons. The third kappa shape index (κ3) is 0.597. The molecule has 0 bridgehead atoms. The van der Waals surface area contributed by atoms with Crippen molar-refractivity contribution in [3.05, 3.63) is 0 Å². The number of hydrogen-bond acceptors (Lipinski definition) is 3. The Morgan fingerprint density at radius 3 is 3.00 bits per heavy atom. The summed E-state index contributed by atoms with van der Waals surface area (Å²) in [6.45, 7) is 0. The van der Waals surface area contributed by atoms with Gasteiger partial charge in [0.1, 0.15) is 0 Å². The van der Waals surface area contributed by atoms with Gasteiger partial charge in [-0.25, -0.2) is 0 Å². The molecule has 0 fully saturated rings. The molecule has 0 saturated heterocycles. The maximum absolute atomic E-state index is 10.1. The van der Waals surface area contributed by atoms with Crippen LogP contribution in [0.1, 0.15) is 0 Å². The second-order valence-electron chi connectivity index (χ2n) is 0.904. The van der Waals surface area contributed by atoms with Crippen LogP contribution in [-0.4, -0.2) is 17.2 Å². The fraction of sp³-hybridized carbons (Fsp3) is 0.333. The summed E-state index contributed by atoms with van der Waals surface area (Å²) in [7, 11) is 0. The minimum absolute atomic E-state index is 0.0787. The van der Waals surface area contributed by atoms with Crippen molar-refractivity contribution in [2.24, 2.45) is 4.99 Å². The van der Waals surface area contributed by atoms with Crippen molar-refractivity contribution in [2.45, 2.75) is 0 Å². The van der Waals surface area contributed by atoms with Gasteiger partial charge in [-0.1, -0.05) is 11.8 Å². The first kappa shape index (κ1) is 3.87. The predicted octanol–water partition coefficient (Wildman–Crippen LogP) is 0.288. The molecule has 0 saturated carbocycles. The van der Waals surface area contributed by atoms with Gasteiger partial charge in [-0.3, -0.25) is 9.79 Å². The Bertz CT molecular complexity index is 99.0. The zero-order chi connectivity index (χ0) is 4.41. The van der Waals surface area contributed by atoms with E-state index in [2.05, 4.69) is 4.99 Å². The van der Waals surface area contributed by atoms with Crippen LogP contribution in [0.4, 0.5) is 0 Å². The highest BCUT2D eigenvalue weighted by Gasteiger charge is 2.00. The Kier molecular flexibility index (Phi) is 0.919. The maximum atomic E-state index is 10.1. The lowest BCUT2D eigenvalue weighted by Crippen LogP contribution is -1.80. The van der Waals surface area contributed by atoms with Crippen LogP contribution in [0.2, 0.25) is 0 Å². The third-order valence-electron chi connectivity index (χ3n) is 0.478. The largest absolute Gasteiger partial charge is 0.280 e. The van der Waals surface area contributed by atoms with Crippen molar-refractivity contribution >= 4 is 23.1 Å². The van der Waals surface area contributed by atoms with Crippen LogP contribution >= 0.6 is 11.8 Å². The zero-order valence-corrected chi connectivity index (χ0v) is 3.86. The molecule has 2 nitrogen and oxygen atoms in total. The van der Waals surface area contributed by atoms with E-state index in [0.717, 1.165) is 0 Å². The summed E-state index contributed by atoms with van der Waals surface area (Å²) in [5.41, 5.74) is 0. The smallest absolute Gasteiger partial charge is 0.231 e. The lowest BCUT2D eigenvalue weighted by molar-refractivity contribution is -0.105. The number of aliphatic imine (C=N–C) groups is 1. The first-order valence-electron chi connectivity index (χ1n) is 1.56. The molecule has 0 aromatic heterocycles. The molecule has 0 N–H and O–H groups in total. The number of carbonyl (C=O) groups excluding carboxylic acids is 1. The summed E-state index contributed by atoms with van der Waals surface area (Å²) in [5.74, 6) is 0.624. The lowest BCUT2D eigenvalue weighted by atomic mass is 10.8. The van der Waals surface area contributed by atoms with Crippen LogP contribution < -0.4 is 0 Å². The maximum Gasteiger partial charge on any atom is 0.231 e. The molecule has 1 heterocycles. The van der Waals surface area contributed by atoms with Crippen LogP contribution in [0, 0.1) is 0 Å². The minimum Gasteiger partial charge on any atom is -0.280 e. The summed E-state index contributed by atoms with van der Waals surface area (Å²) >= 11 is 1.24. The Hall–Kier alpha value is -0.310. The molecule has 0 aliphatic carbocycles. The van der Waals surface area contributed by atoms with Gasteiger partial charge in [0.05, 0.1) is 12.1 Å². The van der Waals surface area contributed by atoms with Crippen LogP contribution in [0.15, 0.2) is 4.99 Å². The molecule has 0 aromatic rings. The van der Waals surface area contributed by atoms with E-state index < -0.39 is 0 Å².